The van der Waals surface area contributed by atoms with Crippen LogP contribution in [0, 0.1) is 17.8 Å². The molecule has 2 aliphatic rings. The number of hydrogen-bond donors (Lipinski definition) is 3. The summed E-state index contributed by atoms with van der Waals surface area (Å²) in [5.41, 5.74) is -0.631. The molecule has 0 aliphatic carbocycles. The van der Waals surface area contributed by atoms with Crippen molar-refractivity contribution in [3.63, 3.8) is 0 Å². The Morgan fingerprint density at radius 3 is 2.53 bits per heavy atom. The van der Waals surface area contributed by atoms with Crippen molar-refractivity contribution in [1.29, 1.82) is 0 Å². The highest BCUT2D eigenvalue weighted by Crippen LogP contribution is 2.38. The van der Waals surface area contributed by atoms with Gasteiger partial charge in [-0.3, -0.25) is 4.79 Å². The Labute approximate surface area is 295 Å². The number of cyclic esters (lactones) is 1. The number of esters is 1. The number of methoxy groups -OCH3 is 1. The van der Waals surface area contributed by atoms with Gasteiger partial charge >= 0.3 is 12.1 Å². The second kappa shape index (κ2) is 20.5. The number of rotatable bonds is 15. The van der Waals surface area contributed by atoms with Crippen LogP contribution in [0.2, 0.25) is 0 Å². The maximum atomic E-state index is 13.0. The molecule has 1 saturated heterocycles. The van der Waals surface area contributed by atoms with E-state index in [0.717, 1.165) is 18.5 Å². The van der Waals surface area contributed by atoms with Gasteiger partial charge in [-0.05, 0) is 77.1 Å². The maximum Gasteiger partial charge on any atom is 0.410 e. The predicted octanol–water partition coefficient (Wildman–Crippen LogP) is 4.88. The van der Waals surface area contributed by atoms with Crippen LogP contribution >= 0.6 is 0 Å². The number of aliphatic hydroxyl groups excluding tert-OH is 2. The van der Waals surface area contributed by atoms with Gasteiger partial charge in [0.1, 0.15) is 17.8 Å². The quantitative estimate of drug-likeness (QED) is 0.0940. The summed E-state index contributed by atoms with van der Waals surface area (Å²) in [6.07, 6.45) is 7.66. The number of epoxide rings is 1. The molecule has 1 amide bonds. The molecule has 0 bridgehead atoms. The zero-order valence-corrected chi connectivity index (χ0v) is 31.7. The molecule has 0 radical (unpaired) electrons. The first-order chi connectivity index (χ1) is 23.1. The SMILES string of the molecule is CCC(OC)C(C)C1OC1C(O)C(C)C/C=C/C=C(\C)C1OC(=O)CC(O)CCC(C)(O)C(OC(=O)N(C)CCN(C)CC)/C=C/CC1C. The van der Waals surface area contributed by atoms with Gasteiger partial charge < -0.3 is 44.1 Å². The number of carbonyl (C=O) groups excluding carboxylic acids is 2. The number of nitrogens with zero attached hydrogens (tertiary/aromatic N) is 2. The van der Waals surface area contributed by atoms with Crippen LogP contribution in [0.15, 0.2) is 36.0 Å². The molecular formula is C38H66N2O9. The molecule has 2 aliphatic heterocycles. The summed E-state index contributed by atoms with van der Waals surface area (Å²) in [5.74, 6) is -0.478. The van der Waals surface area contributed by atoms with Crippen molar-refractivity contribution >= 4 is 12.1 Å². The molecule has 11 nitrogen and oxygen atoms in total. The average Bonchev–Trinajstić information content (AvgIpc) is 3.86. The van der Waals surface area contributed by atoms with E-state index in [1.807, 2.05) is 59.0 Å². The Balaban J connectivity index is 2.11. The van der Waals surface area contributed by atoms with Crippen LogP contribution in [0.1, 0.15) is 87.0 Å². The number of allylic oxidation sites excluding steroid dienone is 4. The van der Waals surface area contributed by atoms with Gasteiger partial charge in [-0.25, -0.2) is 4.79 Å². The number of ether oxygens (including phenoxy) is 4. The first kappa shape index (κ1) is 42.9. The van der Waals surface area contributed by atoms with Crippen LogP contribution in [0.5, 0.6) is 0 Å². The molecule has 11 unspecified atom stereocenters. The molecule has 282 valence electrons. The summed E-state index contributed by atoms with van der Waals surface area (Å²) in [6.45, 7) is 15.7. The Kier molecular flexibility index (Phi) is 18.0. The van der Waals surface area contributed by atoms with Gasteiger partial charge in [0.2, 0.25) is 0 Å². The number of likely N-dealkylation sites (N-methyl/N-ethyl adjacent to an activating group) is 2. The van der Waals surface area contributed by atoms with Gasteiger partial charge in [-0.1, -0.05) is 58.9 Å². The van der Waals surface area contributed by atoms with Crippen LogP contribution in [0.25, 0.3) is 0 Å². The van der Waals surface area contributed by atoms with Gasteiger partial charge in [-0.2, -0.15) is 0 Å². The predicted molar refractivity (Wildman–Crippen MR) is 191 cm³/mol. The topological polar surface area (TPSA) is 142 Å². The lowest BCUT2D eigenvalue weighted by atomic mass is 9.90. The van der Waals surface area contributed by atoms with Crippen molar-refractivity contribution in [1.82, 2.24) is 9.80 Å². The Hall–Kier alpha value is -2.28. The minimum absolute atomic E-state index is 0.00441. The second-order valence-corrected chi connectivity index (χ2v) is 14.6. The first-order valence-electron chi connectivity index (χ1n) is 18.1. The van der Waals surface area contributed by atoms with E-state index in [1.54, 1.807) is 27.2 Å². The highest BCUT2D eigenvalue weighted by Gasteiger charge is 2.50. The molecule has 11 heteroatoms. The van der Waals surface area contributed by atoms with Crippen molar-refractivity contribution in [2.24, 2.45) is 17.8 Å². The summed E-state index contributed by atoms with van der Waals surface area (Å²) in [6, 6.07) is 0. The number of hydrogen-bond acceptors (Lipinski definition) is 10. The average molecular weight is 695 g/mol. The highest BCUT2D eigenvalue weighted by atomic mass is 16.6. The zero-order chi connectivity index (χ0) is 36.9. The first-order valence-corrected chi connectivity index (χ1v) is 18.1. The molecule has 0 saturated carbocycles. The third-order valence-electron chi connectivity index (χ3n) is 10.2. The minimum Gasteiger partial charge on any atom is -0.457 e. The number of carbonyl (C=O) groups is 2. The monoisotopic (exact) mass is 694 g/mol. The molecule has 49 heavy (non-hydrogen) atoms. The van der Waals surface area contributed by atoms with Crippen LogP contribution in [0.3, 0.4) is 0 Å². The largest absolute Gasteiger partial charge is 0.457 e. The summed E-state index contributed by atoms with van der Waals surface area (Å²) in [4.78, 5) is 29.5. The van der Waals surface area contributed by atoms with E-state index in [-0.39, 0.29) is 55.3 Å². The van der Waals surface area contributed by atoms with E-state index < -0.39 is 42.1 Å². The van der Waals surface area contributed by atoms with Gasteiger partial charge in [-0.15, -0.1) is 0 Å². The Morgan fingerprint density at radius 1 is 1.20 bits per heavy atom. The smallest absolute Gasteiger partial charge is 0.410 e. The zero-order valence-electron chi connectivity index (χ0n) is 31.7. The standard InChI is InChI=1S/C38H66N2O9/c1-11-30(46-10)28(6)35-36(49-35)33(43)25(3)16-13-14-17-26(4)34-27(5)18-15-19-31(47-37(44)40(9)23-22-39(8)12-2)38(7,45)21-20-29(41)24-32(42)48-34/h13-15,17,19,25,27-31,33-36,41,43,45H,11-12,16,18,20-24H2,1-10H3/b14-13+,19-15+,26-17+. The lowest BCUT2D eigenvalue weighted by molar-refractivity contribution is -0.152. The molecule has 3 N–H and O–H groups in total. The fourth-order valence-electron chi connectivity index (χ4n) is 6.30. The van der Waals surface area contributed by atoms with Crippen LogP contribution in [0.4, 0.5) is 4.79 Å². The van der Waals surface area contributed by atoms with E-state index in [0.29, 0.717) is 25.9 Å². The van der Waals surface area contributed by atoms with Gasteiger partial charge in [0.25, 0.3) is 0 Å². The third kappa shape index (κ3) is 13.8. The lowest BCUT2D eigenvalue weighted by Gasteiger charge is -2.32. The summed E-state index contributed by atoms with van der Waals surface area (Å²) in [7, 11) is 5.35. The fourth-order valence-corrected chi connectivity index (χ4v) is 6.30. The van der Waals surface area contributed by atoms with E-state index >= 15 is 0 Å². The Morgan fingerprint density at radius 2 is 1.90 bits per heavy atom. The van der Waals surface area contributed by atoms with Gasteiger partial charge in [0.15, 0.2) is 6.10 Å². The van der Waals surface area contributed by atoms with Crippen molar-refractivity contribution < 1.29 is 43.9 Å². The van der Waals surface area contributed by atoms with E-state index in [2.05, 4.69) is 18.7 Å². The molecule has 11 atom stereocenters. The minimum atomic E-state index is -1.47. The maximum absolute atomic E-state index is 13.0. The second-order valence-electron chi connectivity index (χ2n) is 14.6. The molecule has 0 aromatic rings. The van der Waals surface area contributed by atoms with Gasteiger partial charge in [0.05, 0.1) is 30.8 Å². The Bertz CT molecular complexity index is 1100. The summed E-state index contributed by atoms with van der Waals surface area (Å²) >= 11 is 0. The van der Waals surface area contributed by atoms with Crippen LogP contribution in [-0.4, -0.2) is 126 Å². The van der Waals surface area contributed by atoms with Gasteiger partial charge in [0, 0.05) is 39.1 Å². The molecule has 0 aromatic heterocycles. The summed E-state index contributed by atoms with van der Waals surface area (Å²) < 4.78 is 23.1. The molecule has 2 heterocycles. The summed E-state index contributed by atoms with van der Waals surface area (Å²) in [5, 5.41) is 32.9. The molecule has 0 aromatic carbocycles. The van der Waals surface area contributed by atoms with Crippen molar-refractivity contribution in [3.05, 3.63) is 36.0 Å². The molecule has 1 fully saturated rings. The fraction of sp³-hybridized carbons (Fsp3) is 0.789. The lowest BCUT2D eigenvalue weighted by Crippen LogP contribution is -2.45. The third-order valence-corrected chi connectivity index (χ3v) is 10.2. The molecule has 2 rings (SSSR count). The number of amides is 1. The van der Waals surface area contributed by atoms with Crippen LogP contribution < -0.4 is 0 Å². The molecular weight excluding hydrogens is 628 g/mol. The van der Waals surface area contributed by atoms with Crippen molar-refractivity contribution in [2.45, 2.75) is 135 Å². The highest BCUT2D eigenvalue weighted by molar-refractivity contribution is 5.70. The van der Waals surface area contributed by atoms with E-state index in [9.17, 15) is 24.9 Å². The van der Waals surface area contributed by atoms with Crippen LogP contribution in [-0.2, 0) is 23.7 Å². The molecule has 0 spiro atoms. The number of aliphatic hydroxyl groups is 3. The van der Waals surface area contributed by atoms with E-state index in [1.165, 1.54) is 4.90 Å². The van der Waals surface area contributed by atoms with Crippen molar-refractivity contribution in [3.8, 4) is 0 Å². The van der Waals surface area contributed by atoms with E-state index in [4.69, 9.17) is 18.9 Å². The van der Waals surface area contributed by atoms with Crippen molar-refractivity contribution in [2.75, 3.05) is 40.8 Å². The normalized spacial score (nSPS) is 31.9.